The maximum atomic E-state index is 12.7. The largest absolute Gasteiger partial charge is 0.496 e. The number of carbonyl (C=O) groups excluding carboxylic acids is 1. The second kappa shape index (κ2) is 10.9. The number of hydrogen-bond donors (Lipinski definition) is 1. The Labute approximate surface area is 188 Å². The standard InChI is InChI=1S/C21H28N4O4S2/c1-24-11-13-25(14-12-24)31(27,28)18-7-8-21(23-15-18)30-16-20(26)22-10-9-17-5-3-4-6-19(17)29-2/h3-8,15H,9-14,16H2,1-2H3,(H,22,26). The predicted molar refractivity (Wildman–Crippen MR) is 121 cm³/mol. The summed E-state index contributed by atoms with van der Waals surface area (Å²) in [4.78, 5) is 18.6. The highest BCUT2D eigenvalue weighted by atomic mass is 32.2. The molecule has 31 heavy (non-hydrogen) atoms. The van der Waals surface area contributed by atoms with Crippen LogP contribution in [0.2, 0.25) is 0 Å². The minimum Gasteiger partial charge on any atom is -0.496 e. The number of thioether (sulfide) groups is 1. The Balaban J connectivity index is 1.46. The molecule has 1 amide bonds. The highest BCUT2D eigenvalue weighted by molar-refractivity contribution is 7.99. The van der Waals surface area contributed by atoms with Gasteiger partial charge in [0.05, 0.1) is 17.9 Å². The van der Waals surface area contributed by atoms with Gasteiger partial charge in [0.25, 0.3) is 0 Å². The van der Waals surface area contributed by atoms with E-state index in [1.807, 2.05) is 31.3 Å². The van der Waals surface area contributed by atoms with E-state index < -0.39 is 10.0 Å². The first-order chi connectivity index (χ1) is 14.9. The minimum atomic E-state index is -3.53. The highest BCUT2D eigenvalue weighted by Gasteiger charge is 2.27. The van der Waals surface area contributed by atoms with Crippen molar-refractivity contribution in [1.82, 2.24) is 19.5 Å². The fraction of sp³-hybridized carbons (Fsp3) is 0.429. The molecule has 2 aromatic rings. The average molecular weight is 465 g/mol. The first kappa shape index (κ1) is 23.5. The van der Waals surface area contributed by atoms with Crippen LogP contribution < -0.4 is 10.1 Å². The van der Waals surface area contributed by atoms with Gasteiger partial charge in [-0.25, -0.2) is 13.4 Å². The van der Waals surface area contributed by atoms with Crippen LogP contribution in [-0.2, 0) is 21.2 Å². The van der Waals surface area contributed by atoms with Crippen molar-refractivity contribution in [3.63, 3.8) is 0 Å². The summed E-state index contributed by atoms with van der Waals surface area (Å²) in [5.74, 6) is 0.918. The third kappa shape index (κ3) is 6.42. The van der Waals surface area contributed by atoms with Crippen LogP contribution in [0.15, 0.2) is 52.5 Å². The summed E-state index contributed by atoms with van der Waals surface area (Å²) in [6, 6.07) is 10.9. The fourth-order valence-corrected chi connectivity index (χ4v) is 5.26. The number of hydrogen-bond acceptors (Lipinski definition) is 7. The number of sulfonamides is 1. The quantitative estimate of drug-likeness (QED) is 0.562. The second-order valence-electron chi connectivity index (χ2n) is 7.24. The number of rotatable bonds is 9. The highest BCUT2D eigenvalue weighted by Crippen LogP contribution is 2.21. The zero-order valence-electron chi connectivity index (χ0n) is 17.8. The van der Waals surface area contributed by atoms with Crippen LogP contribution in [0.3, 0.4) is 0 Å². The van der Waals surface area contributed by atoms with Crippen LogP contribution in [0.1, 0.15) is 5.56 Å². The molecular weight excluding hydrogens is 436 g/mol. The summed E-state index contributed by atoms with van der Waals surface area (Å²) < 4.78 is 32.3. The van der Waals surface area contributed by atoms with Crippen LogP contribution in [0.4, 0.5) is 0 Å². The van der Waals surface area contributed by atoms with E-state index in [9.17, 15) is 13.2 Å². The van der Waals surface area contributed by atoms with E-state index >= 15 is 0 Å². The number of nitrogens with zero attached hydrogens (tertiary/aromatic N) is 3. The average Bonchev–Trinajstić information content (AvgIpc) is 2.78. The van der Waals surface area contributed by atoms with Gasteiger partial charge in [-0.3, -0.25) is 4.79 Å². The summed E-state index contributed by atoms with van der Waals surface area (Å²) in [5.41, 5.74) is 1.04. The van der Waals surface area contributed by atoms with Gasteiger partial charge in [-0.15, -0.1) is 0 Å². The predicted octanol–water partition coefficient (Wildman–Crippen LogP) is 1.48. The molecule has 0 radical (unpaired) electrons. The molecule has 1 aromatic carbocycles. The molecule has 1 N–H and O–H groups in total. The Morgan fingerprint density at radius 3 is 2.58 bits per heavy atom. The van der Waals surface area contributed by atoms with Crippen molar-refractivity contribution in [2.24, 2.45) is 0 Å². The Hall–Kier alpha value is -2.14. The van der Waals surface area contributed by atoms with Crippen molar-refractivity contribution < 1.29 is 17.9 Å². The molecule has 0 spiro atoms. The van der Waals surface area contributed by atoms with Gasteiger partial charge in [0.1, 0.15) is 10.6 Å². The first-order valence-corrected chi connectivity index (χ1v) is 12.5. The lowest BCUT2D eigenvalue weighted by Gasteiger charge is -2.31. The minimum absolute atomic E-state index is 0.101. The third-order valence-corrected chi connectivity index (χ3v) is 7.90. The number of benzene rings is 1. The number of para-hydroxylation sites is 1. The molecule has 3 rings (SSSR count). The molecule has 8 nitrogen and oxygen atoms in total. The smallest absolute Gasteiger partial charge is 0.244 e. The monoisotopic (exact) mass is 464 g/mol. The number of methoxy groups -OCH3 is 1. The summed E-state index contributed by atoms with van der Waals surface area (Å²) in [7, 11) is 0.0738. The summed E-state index contributed by atoms with van der Waals surface area (Å²) in [5, 5.41) is 3.49. The van der Waals surface area contributed by atoms with E-state index in [2.05, 4.69) is 15.2 Å². The number of nitrogens with one attached hydrogen (secondary N) is 1. The molecular formula is C21H28N4O4S2. The van der Waals surface area contributed by atoms with Crippen LogP contribution in [0.5, 0.6) is 5.75 Å². The molecule has 1 aliphatic rings. The SMILES string of the molecule is COc1ccccc1CCNC(=O)CSc1ccc(S(=O)(=O)N2CCN(C)CC2)cn1. The lowest BCUT2D eigenvalue weighted by Crippen LogP contribution is -2.47. The molecule has 1 aromatic heterocycles. The molecule has 1 saturated heterocycles. The molecule has 0 saturated carbocycles. The van der Waals surface area contributed by atoms with Crippen molar-refractivity contribution in [2.75, 3.05) is 52.6 Å². The molecule has 1 fully saturated rings. The van der Waals surface area contributed by atoms with Crippen LogP contribution in [0.25, 0.3) is 0 Å². The van der Waals surface area contributed by atoms with Gasteiger partial charge < -0.3 is 15.0 Å². The van der Waals surface area contributed by atoms with E-state index in [0.29, 0.717) is 44.2 Å². The molecule has 0 bridgehead atoms. The number of ether oxygens (including phenoxy) is 1. The summed E-state index contributed by atoms with van der Waals surface area (Å²) in [6.45, 7) is 2.89. The van der Waals surface area contributed by atoms with Crippen LogP contribution in [-0.4, -0.2) is 81.1 Å². The number of pyridine rings is 1. The molecule has 2 heterocycles. The lowest BCUT2D eigenvalue weighted by atomic mass is 10.1. The third-order valence-electron chi connectivity index (χ3n) is 5.07. The first-order valence-electron chi connectivity index (χ1n) is 10.1. The van der Waals surface area contributed by atoms with Gasteiger partial charge >= 0.3 is 0 Å². The van der Waals surface area contributed by atoms with Crippen LogP contribution in [0, 0.1) is 0 Å². The molecule has 10 heteroatoms. The molecule has 0 atom stereocenters. The normalized spacial score (nSPS) is 15.5. The fourth-order valence-electron chi connectivity index (χ4n) is 3.22. The molecule has 1 aliphatic heterocycles. The molecule has 0 aliphatic carbocycles. The maximum absolute atomic E-state index is 12.7. The van der Waals surface area contributed by atoms with E-state index in [0.717, 1.165) is 11.3 Å². The zero-order chi connectivity index (χ0) is 22.3. The number of likely N-dealkylation sites (N-methyl/N-ethyl adjacent to an activating group) is 1. The van der Waals surface area contributed by atoms with Gasteiger partial charge in [-0.05, 0) is 37.2 Å². The lowest BCUT2D eigenvalue weighted by molar-refractivity contribution is -0.118. The number of amides is 1. The summed E-state index contributed by atoms with van der Waals surface area (Å²) in [6.07, 6.45) is 2.05. The van der Waals surface area contributed by atoms with Gasteiger partial charge in [0.2, 0.25) is 15.9 Å². The van der Waals surface area contributed by atoms with E-state index in [-0.39, 0.29) is 16.6 Å². The zero-order valence-corrected chi connectivity index (χ0v) is 19.4. The van der Waals surface area contributed by atoms with E-state index in [1.54, 1.807) is 19.2 Å². The Kier molecular flexibility index (Phi) is 8.30. The van der Waals surface area contributed by atoms with Crippen molar-refractivity contribution in [2.45, 2.75) is 16.3 Å². The van der Waals surface area contributed by atoms with Gasteiger partial charge in [0, 0.05) is 38.9 Å². The van der Waals surface area contributed by atoms with Crippen molar-refractivity contribution in [3.8, 4) is 5.75 Å². The number of aromatic nitrogens is 1. The number of carbonyl (C=O) groups is 1. The molecule has 0 unspecified atom stereocenters. The van der Waals surface area contributed by atoms with Gasteiger partial charge in [-0.2, -0.15) is 4.31 Å². The van der Waals surface area contributed by atoms with Crippen molar-refractivity contribution >= 4 is 27.7 Å². The Morgan fingerprint density at radius 1 is 1.16 bits per heavy atom. The Morgan fingerprint density at radius 2 is 1.90 bits per heavy atom. The number of piperazine rings is 1. The summed E-state index contributed by atoms with van der Waals surface area (Å²) >= 11 is 1.27. The maximum Gasteiger partial charge on any atom is 0.244 e. The van der Waals surface area contributed by atoms with E-state index in [1.165, 1.54) is 22.3 Å². The van der Waals surface area contributed by atoms with Gasteiger partial charge in [0.15, 0.2) is 0 Å². The van der Waals surface area contributed by atoms with Crippen molar-refractivity contribution in [3.05, 3.63) is 48.2 Å². The Bertz CT molecular complexity index is 975. The molecule has 168 valence electrons. The topological polar surface area (TPSA) is 91.8 Å². The second-order valence-corrected chi connectivity index (χ2v) is 10.2. The van der Waals surface area contributed by atoms with E-state index in [4.69, 9.17) is 4.74 Å². The van der Waals surface area contributed by atoms with Gasteiger partial charge in [-0.1, -0.05) is 30.0 Å². The van der Waals surface area contributed by atoms with Crippen molar-refractivity contribution in [1.29, 1.82) is 0 Å². The van der Waals surface area contributed by atoms with Crippen LogP contribution >= 0.6 is 11.8 Å².